The maximum atomic E-state index is 11.9. The van der Waals surface area contributed by atoms with Gasteiger partial charge in [0.15, 0.2) is 11.5 Å². The molecule has 0 bridgehead atoms. The Morgan fingerprint density at radius 3 is 2.81 bits per heavy atom. The van der Waals surface area contributed by atoms with Crippen LogP contribution in [0.3, 0.4) is 0 Å². The van der Waals surface area contributed by atoms with Crippen LogP contribution in [-0.2, 0) is 6.42 Å². The van der Waals surface area contributed by atoms with Crippen LogP contribution < -0.4 is 5.32 Å². The lowest BCUT2D eigenvalue weighted by Gasteiger charge is -2.05. The molecule has 0 saturated heterocycles. The highest BCUT2D eigenvalue weighted by Crippen LogP contribution is 2.17. The van der Waals surface area contributed by atoms with Crippen LogP contribution in [0.1, 0.15) is 21.8 Å². The number of aromatic nitrogens is 1. The Kier molecular flexibility index (Phi) is 3.69. The number of aryl methyl sites for hydroxylation is 1. The van der Waals surface area contributed by atoms with E-state index < -0.39 is 0 Å². The molecule has 3 aromatic rings. The molecule has 4 heteroatoms. The smallest absolute Gasteiger partial charge is 0.251 e. The zero-order valence-corrected chi connectivity index (χ0v) is 11.8. The van der Waals surface area contributed by atoms with E-state index in [0.29, 0.717) is 18.0 Å². The third-order valence-electron chi connectivity index (χ3n) is 3.29. The third kappa shape index (κ3) is 3.11. The summed E-state index contributed by atoms with van der Waals surface area (Å²) in [5, 5.41) is 2.92. The Balaban J connectivity index is 1.60. The molecule has 0 unspecified atom stereocenters. The molecule has 0 aliphatic carbocycles. The van der Waals surface area contributed by atoms with Crippen molar-refractivity contribution in [3.8, 4) is 0 Å². The highest BCUT2D eigenvalue weighted by atomic mass is 16.3. The van der Waals surface area contributed by atoms with Gasteiger partial charge in [-0.3, -0.25) is 4.79 Å². The van der Waals surface area contributed by atoms with E-state index in [9.17, 15) is 4.79 Å². The van der Waals surface area contributed by atoms with E-state index in [4.69, 9.17) is 4.42 Å². The molecule has 4 nitrogen and oxygen atoms in total. The number of oxazole rings is 1. The van der Waals surface area contributed by atoms with Crippen molar-refractivity contribution in [1.29, 1.82) is 0 Å². The largest absolute Gasteiger partial charge is 0.441 e. The van der Waals surface area contributed by atoms with Gasteiger partial charge in [-0.15, -0.1) is 0 Å². The van der Waals surface area contributed by atoms with Crippen LogP contribution in [0.5, 0.6) is 0 Å². The highest BCUT2D eigenvalue weighted by Gasteiger charge is 2.05. The van der Waals surface area contributed by atoms with Gasteiger partial charge in [0.2, 0.25) is 0 Å². The zero-order chi connectivity index (χ0) is 14.7. The van der Waals surface area contributed by atoms with Crippen LogP contribution in [0.15, 0.2) is 52.9 Å². The number of hydrogen-bond donors (Lipinski definition) is 1. The number of nitrogens with one attached hydrogen (secondary N) is 1. The second-order valence-corrected chi connectivity index (χ2v) is 4.91. The molecular formula is C17H16N2O2. The zero-order valence-electron chi connectivity index (χ0n) is 11.8. The number of amides is 1. The maximum Gasteiger partial charge on any atom is 0.251 e. The predicted molar refractivity (Wildman–Crippen MR) is 81.2 cm³/mol. The number of nitrogens with zero attached hydrogens (tertiary/aromatic N) is 1. The lowest BCUT2D eigenvalue weighted by Crippen LogP contribution is -2.25. The molecule has 0 fully saturated rings. The van der Waals surface area contributed by atoms with Gasteiger partial charge in [-0.1, -0.05) is 24.3 Å². The summed E-state index contributed by atoms with van der Waals surface area (Å²) in [4.78, 5) is 16.2. The van der Waals surface area contributed by atoms with E-state index in [0.717, 1.165) is 23.1 Å². The van der Waals surface area contributed by atoms with Crippen molar-refractivity contribution in [2.45, 2.75) is 13.3 Å². The fraction of sp³-hybridized carbons (Fsp3) is 0.176. The Bertz CT molecular complexity index is 763. The quantitative estimate of drug-likeness (QED) is 0.799. The molecule has 1 N–H and O–H groups in total. The molecule has 1 aromatic heterocycles. The van der Waals surface area contributed by atoms with E-state index in [-0.39, 0.29) is 5.91 Å². The minimum atomic E-state index is -0.0489. The summed E-state index contributed by atoms with van der Waals surface area (Å²) in [5.41, 5.74) is 3.45. The van der Waals surface area contributed by atoms with Crippen molar-refractivity contribution >= 4 is 17.0 Å². The Morgan fingerprint density at radius 1 is 1.19 bits per heavy atom. The Hall–Kier alpha value is -2.62. The van der Waals surface area contributed by atoms with Crippen molar-refractivity contribution in [2.75, 3.05) is 6.54 Å². The number of fused-ring (bicyclic) bond motifs is 1. The lowest BCUT2D eigenvalue weighted by atomic mass is 10.1. The molecular weight excluding hydrogens is 264 g/mol. The van der Waals surface area contributed by atoms with Gasteiger partial charge in [-0.25, -0.2) is 4.98 Å². The minimum Gasteiger partial charge on any atom is -0.441 e. The van der Waals surface area contributed by atoms with Gasteiger partial charge in [0, 0.05) is 19.0 Å². The molecule has 0 radical (unpaired) electrons. The summed E-state index contributed by atoms with van der Waals surface area (Å²) in [6.07, 6.45) is 0.758. The van der Waals surface area contributed by atoms with Crippen LogP contribution in [0.2, 0.25) is 0 Å². The lowest BCUT2D eigenvalue weighted by molar-refractivity contribution is 0.0954. The van der Waals surface area contributed by atoms with Crippen LogP contribution in [0.4, 0.5) is 0 Å². The number of hydrogen-bond acceptors (Lipinski definition) is 3. The van der Waals surface area contributed by atoms with E-state index in [1.165, 1.54) is 0 Å². The van der Waals surface area contributed by atoms with Crippen LogP contribution in [0.25, 0.3) is 11.1 Å². The molecule has 3 rings (SSSR count). The van der Waals surface area contributed by atoms with E-state index >= 15 is 0 Å². The van der Waals surface area contributed by atoms with Crippen molar-refractivity contribution in [3.05, 3.63) is 65.5 Å². The summed E-state index contributed by atoms with van der Waals surface area (Å²) in [5.74, 6) is 0.617. The number of carbonyl (C=O) groups excluding carboxylic acids is 1. The first-order valence-electron chi connectivity index (χ1n) is 6.92. The van der Waals surface area contributed by atoms with Crippen LogP contribution >= 0.6 is 0 Å². The molecule has 21 heavy (non-hydrogen) atoms. The van der Waals surface area contributed by atoms with Crippen LogP contribution in [-0.4, -0.2) is 17.4 Å². The molecule has 0 aliphatic heterocycles. The third-order valence-corrected chi connectivity index (χ3v) is 3.29. The molecule has 106 valence electrons. The van der Waals surface area contributed by atoms with Crippen molar-refractivity contribution in [3.63, 3.8) is 0 Å². The first kappa shape index (κ1) is 13.4. The number of carbonyl (C=O) groups is 1. The monoisotopic (exact) mass is 280 g/mol. The molecule has 0 aliphatic rings. The first-order valence-corrected chi connectivity index (χ1v) is 6.92. The molecule has 0 saturated carbocycles. The molecule has 0 spiro atoms. The van der Waals surface area contributed by atoms with Crippen molar-refractivity contribution in [2.24, 2.45) is 0 Å². The Labute approximate surface area is 122 Å². The maximum absolute atomic E-state index is 11.9. The molecule has 1 amide bonds. The summed E-state index contributed by atoms with van der Waals surface area (Å²) in [6.45, 7) is 2.42. The van der Waals surface area contributed by atoms with Gasteiger partial charge in [-0.2, -0.15) is 0 Å². The SMILES string of the molecule is Cc1nc2ccc(CCNC(=O)c3ccccc3)cc2o1. The average molecular weight is 280 g/mol. The van der Waals surface area contributed by atoms with E-state index in [1.54, 1.807) is 12.1 Å². The van der Waals surface area contributed by atoms with Crippen molar-refractivity contribution < 1.29 is 9.21 Å². The van der Waals surface area contributed by atoms with Gasteiger partial charge in [0.25, 0.3) is 5.91 Å². The average Bonchev–Trinajstić information content (AvgIpc) is 2.87. The van der Waals surface area contributed by atoms with Crippen molar-refractivity contribution in [1.82, 2.24) is 10.3 Å². The van der Waals surface area contributed by atoms with Gasteiger partial charge < -0.3 is 9.73 Å². The normalized spacial score (nSPS) is 10.7. The van der Waals surface area contributed by atoms with Gasteiger partial charge in [-0.05, 0) is 36.2 Å². The van der Waals surface area contributed by atoms with Crippen LogP contribution in [0, 0.1) is 6.92 Å². The van der Waals surface area contributed by atoms with Gasteiger partial charge >= 0.3 is 0 Å². The molecule has 0 atom stereocenters. The minimum absolute atomic E-state index is 0.0489. The number of rotatable bonds is 4. The topological polar surface area (TPSA) is 55.1 Å². The summed E-state index contributed by atoms with van der Waals surface area (Å²) < 4.78 is 5.51. The molecule has 2 aromatic carbocycles. The van der Waals surface area contributed by atoms with E-state index in [2.05, 4.69) is 10.3 Å². The summed E-state index contributed by atoms with van der Waals surface area (Å²) >= 11 is 0. The second kappa shape index (κ2) is 5.79. The standard InChI is InChI=1S/C17H16N2O2/c1-12-19-15-8-7-13(11-16(15)21-12)9-10-18-17(20)14-5-3-2-4-6-14/h2-8,11H,9-10H2,1H3,(H,18,20). The number of benzene rings is 2. The predicted octanol–water partition coefficient (Wildman–Crippen LogP) is 3.11. The van der Waals surface area contributed by atoms with E-state index in [1.807, 2.05) is 43.3 Å². The fourth-order valence-electron chi connectivity index (χ4n) is 2.25. The van der Waals surface area contributed by atoms with Gasteiger partial charge in [0.05, 0.1) is 0 Å². The fourth-order valence-corrected chi connectivity index (χ4v) is 2.25. The van der Waals surface area contributed by atoms with Gasteiger partial charge in [0.1, 0.15) is 5.52 Å². The molecule has 1 heterocycles. The Morgan fingerprint density at radius 2 is 2.00 bits per heavy atom. The summed E-state index contributed by atoms with van der Waals surface area (Å²) in [6, 6.07) is 15.1. The highest BCUT2D eigenvalue weighted by molar-refractivity contribution is 5.94. The first-order chi connectivity index (χ1) is 10.2. The second-order valence-electron chi connectivity index (χ2n) is 4.91. The summed E-state index contributed by atoms with van der Waals surface area (Å²) in [7, 11) is 0.